The number of ether oxygens (including phenoxy) is 1. The molecule has 2 aromatic rings. The lowest BCUT2D eigenvalue weighted by Gasteiger charge is -2.09. The van der Waals surface area contributed by atoms with Crippen molar-refractivity contribution < 1.29 is 14.3 Å². The summed E-state index contributed by atoms with van der Waals surface area (Å²) in [5, 5.41) is 4.67. The molecule has 0 radical (unpaired) electrons. The fourth-order valence-electron chi connectivity index (χ4n) is 1.88. The topological polar surface area (TPSA) is 55.4 Å². The van der Waals surface area contributed by atoms with E-state index in [4.69, 9.17) is 4.74 Å². The third-order valence-electron chi connectivity index (χ3n) is 3.08. The van der Waals surface area contributed by atoms with Crippen LogP contribution in [0.2, 0.25) is 0 Å². The predicted molar refractivity (Wildman–Crippen MR) is 93.6 cm³/mol. The van der Waals surface area contributed by atoms with E-state index in [0.717, 1.165) is 17.7 Å². The van der Waals surface area contributed by atoms with Gasteiger partial charge in [-0.3, -0.25) is 4.79 Å². The molecule has 120 valence electrons. The van der Waals surface area contributed by atoms with Gasteiger partial charge in [0.15, 0.2) is 0 Å². The van der Waals surface area contributed by atoms with Crippen LogP contribution in [0.5, 0.6) is 0 Å². The molecule has 0 aliphatic heterocycles. The van der Waals surface area contributed by atoms with Crippen LogP contribution >= 0.6 is 11.3 Å². The van der Waals surface area contributed by atoms with E-state index in [0.29, 0.717) is 17.9 Å². The van der Waals surface area contributed by atoms with Crippen molar-refractivity contribution in [1.82, 2.24) is 0 Å². The van der Waals surface area contributed by atoms with Gasteiger partial charge in [-0.1, -0.05) is 31.5 Å². The molecule has 0 saturated carbocycles. The molecule has 1 heterocycles. The second kappa shape index (κ2) is 8.90. The van der Waals surface area contributed by atoms with Crippen molar-refractivity contribution >= 4 is 35.0 Å². The molecular formula is C18H19NO3S. The van der Waals surface area contributed by atoms with E-state index in [1.54, 1.807) is 41.7 Å². The largest absolute Gasteiger partial charge is 0.462 e. The molecular weight excluding hydrogens is 310 g/mol. The third-order valence-corrected chi connectivity index (χ3v) is 3.92. The number of carbonyl (C=O) groups is 2. The van der Waals surface area contributed by atoms with Gasteiger partial charge in [0.05, 0.1) is 17.9 Å². The number of unbranched alkanes of at least 4 members (excludes halogenated alkanes) is 1. The molecule has 0 spiro atoms. The number of nitrogens with one attached hydrogen (secondary N) is 1. The van der Waals surface area contributed by atoms with Gasteiger partial charge < -0.3 is 10.1 Å². The van der Waals surface area contributed by atoms with E-state index < -0.39 is 5.97 Å². The molecule has 1 aromatic heterocycles. The Balaban J connectivity index is 2.02. The predicted octanol–water partition coefficient (Wildman–Crippen LogP) is 4.36. The molecule has 1 N–H and O–H groups in total. The van der Waals surface area contributed by atoms with Crippen LogP contribution in [0.3, 0.4) is 0 Å². The maximum Gasteiger partial charge on any atom is 0.340 e. The van der Waals surface area contributed by atoms with Crippen molar-refractivity contribution in [2.75, 3.05) is 11.9 Å². The molecule has 0 aliphatic carbocycles. The van der Waals surface area contributed by atoms with Gasteiger partial charge >= 0.3 is 5.97 Å². The summed E-state index contributed by atoms with van der Waals surface area (Å²) in [6.07, 6.45) is 4.97. The van der Waals surface area contributed by atoms with Gasteiger partial charge in [0, 0.05) is 11.0 Å². The summed E-state index contributed by atoms with van der Waals surface area (Å²) in [5.74, 6) is -0.705. The van der Waals surface area contributed by atoms with Crippen LogP contribution in [0.25, 0.3) is 6.08 Å². The highest BCUT2D eigenvalue weighted by Crippen LogP contribution is 2.17. The Morgan fingerprint density at radius 3 is 2.78 bits per heavy atom. The molecule has 4 nitrogen and oxygen atoms in total. The zero-order valence-electron chi connectivity index (χ0n) is 13.0. The molecule has 1 aromatic carbocycles. The van der Waals surface area contributed by atoms with E-state index in [1.165, 1.54) is 6.08 Å². The van der Waals surface area contributed by atoms with Gasteiger partial charge in [0.2, 0.25) is 5.91 Å². The minimum absolute atomic E-state index is 0.285. The molecule has 5 heteroatoms. The SMILES string of the molecule is CCCCOC(=O)c1ccccc1NC(=O)/C=C/c1cccs1. The molecule has 2 rings (SSSR count). The summed E-state index contributed by atoms with van der Waals surface area (Å²) in [6.45, 7) is 2.41. The van der Waals surface area contributed by atoms with Gasteiger partial charge in [-0.05, 0) is 36.1 Å². The summed E-state index contributed by atoms with van der Waals surface area (Å²) in [6, 6.07) is 10.7. The maximum absolute atomic E-state index is 12.1. The average molecular weight is 329 g/mol. The molecule has 1 amide bonds. The summed E-state index contributed by atoms with van der Waals surface area (Å²) in [4.78, 5) is 25.1. The number of esters is 1. The van der Waals surface area contributed by atoms with Crippen LogP contribution in [0, 0.1) is 0 Å². The number of thiophene rings is 1. The number of anilines is 1. The lowest BCUT2D eigenvalue weighted by atomic mass is 10.1. The first-order valence-corrected chi connectivity index (χ1v) is 8.37. The Morgan fingerprint density at radius 1 is 1.22 bits per heavy atom. The first-order valence-electron chi connectivity index (χ1n) is 7.49. The second-order valence-electron chi connectivity index (χ2n) is 4.87. The highest BCUT2D eigenvalue weighted by Gasteiger charge is 2.13. The number of amides is 1. The van der Waals surface area contributed by atoms with Gasteiger partial charge in [0.1, 0.15) is 0 Å². The highest BCUT2D eigenvalue weighted by molar-refractivity contribution is 7.10. The normalized spacial score (nSPS) is 10.7. The third kappa shape index (κ3) is 5.38. The van der Waals surface area contributed by atoms with Gasteiger partial charge in [-0.2, -0.15) is 0 Å². The molecule has 0 unspecified atom stereocenters. The highest BCUT2D eigenvalue weighted by atomic mass is 32.1. The van der Waals surface area contributed by atoms with Crippen LogP contribution in [-0.4, -0.2) is 18.5 Å². The lowest BCUT2D eigenvalue weighted by molar-refractivity contribution is -0.111. The molecule has 23 heavy (non-hydrogen) atoms. The van der Waals surface area contributed by atoms with E-state index >= 15 is 0 Å². The number of para-hydroxylation sites is 1. The zero-order chi connectivity index (χ0) is 16.5. The molecule has 0 saturated heterocycles. The molecule has 0 aliphatic rings. The summed E-state index contributed by atoms with van der Waals surface area (Å²) >= 11 is 1.55. The Bertz CT molecular complexity index is 677. The zero-order valence-corrected chi connectivity index (χ0v) is 13.8. The first kappa shape index (κ1) is 17.0. The summed E-state index contributed by atoms with van der Waals surface area (Å²) < 4.78 is 5.20. The van der Waals surface area contributed by atoms with Crippen molar-refractivity contribution in [2.45, 2.75) is 19.8 Å². The summed E-state index contributed by atoms with van der Waals surface area (Å²) in [7, 11) is 0. The smallest absolute Gasteiger partial charge is 0.340 e. The first-order chi connectivity index (χ1) is 11.2. The number of hydrogen-bond donors (Lipinski definition) is 1. The molecule has 0 atom stereocenters. The summed E-state index contributed by atoms with van der Waals surface area (Å²) in [5.41, 5.74) is 0.816. The quantitative estimate of drug-likeness (QED) is 0.466. The number of hydrogen-bond acceptors (Lipinski definition) is 4. The average Bonchev–Trinajstić information content (AvgIpc) is 3.07. The van der Waals surface area contributed by atoms with Crippen molar-refractivity contribution in [3.05, 3.63) is 58.3 Å². The minimum atomic E-state index is -0.420. The number of benzene rings is 1. The Kier molecular flexibility index (Phi) is 6.56. The van der Waals surface area contributed by atoms with Crippen molar-refractivity contribution in [3.8, 4) is 0 Å². The van der Waals surface area contributed by atoms with Crippen LogP contribution in [0.4, 0.5) is 5.69 Å². The monoisotopic (exact) mass is 329 g/mol. The Morgan fingerprint density at radius 2 is 2.04 bits per heavy atom. The fraction of sp³-hybridized carbons (Fsp3) is 0.222. The maximum atomic E-state index is 12.1. The van der Waals surface area contributed by atoms with E-state index in [1.807, 2.05) is 24.4 Å². The van der Waals surface area contributed by atoms with E-state index in [-0.39, 0.29) is 5.91 Å². The number of carbonyl (C=O) groups excluding carboxylic acids is 2. The Hall–Kier alpha value is -2.40. The van der Waals surface area contributed by atoms with Gasteiger partial charge in [0.25, 0.3) is 0 Å². The van der Waals surface area contributed by atoms with Crippen LogP contribution < -0.4 is 5.32 Å². The van der Waals surface area contributed by atoms with Crippen molar-refractivity contribution in [2.24, 2.45) is 0 Å². The lowest BCUT2D eigenvalue weighted by Crippen LogP contribution is -2.14. The van der Waals surface area contributed by atoms with Crippen LogP contribution in [0.15, 0.2) is 47.9 Å². The van der Waals surface area contributed by atoms with Gasteiger partial charge in [-0.15, -0.1) is 11.3 Å². The van der Waals surface area contributed by atoms with E-state index in [2.05, 4.69) is 5.32 Å². The second-order valence-corrected chi connectivity index (χ2v) is 5.85. The van der Waals surface area contributed by atoms with E-state index in [9.17, 15) is 9.59 Å². The molecule has 0 fully saturated rings. The number of rotatable bonds is 7. The fourth-order valence-corrected chi connectivity index (χ4v) is 2.49. The minimum Gasteiger partial charge on any atom is -0.462 e. The standard InChI is InChI=1S/C18H19NO3S/c1-2-3-12-22-18(21)15-8-4-5-9-16(15)19-17(20)11-10-14-7-6-13-23-14/h4-11,13H,2-3,12H2,1H3,(H,19,20)/b11-10+. The van der Waals surface area contributed by atoms with Crippen molar-refractivity contribution in [1.29, 1.82) is 0 Å². The Labute approximate surface area is 139 Å². The van der Waals surface area contributed by atoms with Gasteiger partial charge in [-0.25, -0.2) is 4.79 Å². The van der Waals surface area contributed by atoms with Crippen molar-refractivity contribution in [3.63, 3.8) is 0 Å². The molecule has 0 bridgehead atoms. The van der Waals surface area contributed by atoms with Crippen LogP contribution in [0.1, 0.15) is 35.0 Å². The van der Waals surface area contributed by atoms with Crippen LogP contribution in [-0.2, 0) is 9.53 Å².